The van der Waals surface area contributed by atoms with Gasteiger partial charge in [0.2, 0.25) is 0 Å². The van der Waals surface area contributed by atoms with Crippen LogP contribution < -0.4 is 5.73 Å². The Morgan fingerprint density at radius 3 is 2.57 bits per heavy atom. The van der Waals surface area contributed by atoms with Crippen molar-refractivity contribution in [3.8, 4) is 17.0 Å². The Morgan fingerprint density at radius 2 is 1.71 bits per heavy atom. The van der Waals surface area contributed by atoms with Crippen molar-refractivity contribution < 1.29 is 5.11 Å². The first kappa shape index (κ1) is 11.7. The maximum atomic E-state index is 9.98. The third kappa shape index (κ3) is 1.71. The molecular weight excluding hydrogens is 264 g/mol. The highest BCUT2D eigenvalue weighted by atomic mass is 16.3. The molecule has 0 bridgehead atoms. The van der Waals surface area contributed by atoms with E-state index in [4.69, 9.17) is 5.73 Å². The molecule has 0 aliphatic heterocycles. The van der Waals surface area contributed by atoms with Crippen LogP contribution in [0.25, 0.3) is 27.9 Å². The highest BCUT2D eigenvalue weighted by Gasteiger charge is 2.12. The molecule has 5 nitrogen and oxygen atoms in total. The number of nitrogen functional groups attached to an aromatic ring is 1. The van der Waals surface area contributed by atoms with Gasteiger partial charge in [-0.1, -0.05) is 24.3 Å². The number of aromatic nitrogens is 3. The maximum Gasteiger partial charge on any atom is 0.180 e. The Balaban J connectivity index is 2.09. The average molecular weight is 276 g/mol. The highest BCUT2D eigenvalue weighted by molar-refractivity contribution is 5.84. The van der Waals surface area contributed by atoms with Crippen molar-refractivity contribution in [1.82, 2.24) is 14.4 Å². The third-order valence-corrected chi connectivity index (χ3v) is 3.50. The van der Waals surface area contributed by atoms with Crippen molar-refractivity contribution in [2.75, 3.05) is 5.73 Å². The number of imidazole rings is 1. The molecule has 3 N–H and O–H groups in total. The van der Waals surface area contributed by atoms with Crippen LogP contribution in [0.2, 0.25) is 0 Å². The molecule has 2 heterocycles. The van der Waals surface area contributed by atoms with E-state index in [1.165, 1.54) is 0 Å². The molecular formula is C16H12N4O. The molecule has 0 saturated heterocycles. The molecule has 102 valence electrons. The Hall–Kier alpha value is -3.08. The summed E-state index contributed by atoms with van der Waals surface area (Å²) in [7, 11) is 0. The Morgan fingerprint density at radius 1 is 0.952 bits per heavy atom. The largest absolute Gasteiger partial charge is 0.507 e. The van der Waals surface area contributed by atoms with Gasteiger partial charge < -0.3 is 10.8 Å². The molecule has 0 radical (unpaired) electrons. The lowest BCUT2D eigenvalue weighted by molar-refractivity contribution is 0.477. The summed E-state index contributed by atoms with van der Waals surface area (Å²) >= 11 is 0. The number of fused-ring (bicyclic) bond motifs is 3. The molecule has 4 rings (SSSR count). The van der Waals surface area contributed by atoms with Crippen molar-refractivity contribution >= 4 is 22.5 Å². The lowest BCUT2D eigenvalue weighted by Crippen LogP contribution is -1.97. The molecule has 0 fully saturated rings. The molecule has 4 aromatic rings. The molecule has 0 aliphatic carbocycles. The van der Waals surface area contributed by atoms with E-state index in [0.717, 1.165) is 11.0 Å². The minimum atomic E-state index is 0.191. The predicted octanol–water partition coefficient (Wildman–Crippen LogP) is 2.84. The van der Waals surface area contributed by atoms with E-state index in [-0.39, 0.29) is 5.75 Å². The smallest absolute Gasteiger partial charge is 0.180 e. The molecule has 5 heteroatoms. The van der Waals surface area contributed by atoms with Gasteiger partial charge in [-0.25, -0.2) is 9.97 Å². The second-order valence-electron chi connectivity index (χ2n) is 4.82. The van der Waals surface area contributed by atoms with Gasteiger partial charge in [-0.05, 0) is 24.3 Å². The first-order valence-corrected chi connectivity index (χ1v) is 6.56. The summed E-state index contributed by atoms with van der Waals surface area (Å²) in [6.07, 6.45) is 1.87. The van der Waals surface area contributed by atoms with E-state index in [1.807, 2.05) is 47.0 Å². The summed E-state index contributed by atoms with van der Waals surface area (Å²) in [6.45, 7) is 0. The monoisotopic (exact) mass is 276 g/mol. The minimum absolute atomic E-state index is 0.191. The summed E-state index contributed by atoms with van der Waals surface area (Å²) in [6, 6.07) is 14.8. The molecule has 0 saturated carbocycles. The molecule has 21 heavy (non-hydrogen) atoms. The number of phenolic OH excluding ortho intramolecular Hbond substituents is 1. The Kier molecular flexibility index (Phi) is 2.35. The lowest BCUT2D eigenvalue weighted by atomic mass is 10.1. The fourth-order valence-electron chi connectivity index (χ4n) is 2.51. The normalized spacial score (nSPS) is 11.2. The number of phenols is 1. The summed E-state index contributed by atoms with van der Waals surface area (Å²) in [5.41, 5.74) is 9.66. The SMILES string of the molecule is Nc1nc2ccccc2n2cc(-c3ccccc3O)nc12. The van der Waals surface area contributed by atoms with Gasteiger partial charge in [-0.2, -0.15) is 0 Å². The number of nitrogens with zero attached hydrogens (tertiary/aromatic N) is 3. The fourth-order valence-corrected chi connectivity index (χ4v) is 2.51. The average Bonchev–Trinajstić information content (AvgIpc) is 2.94. The maximum absolute atomic E-state index is 9.98. The summed E-state index contributed by atoms with van der Waals surface area (Å²) in [5.74, 6) is 0.562. The Labute approximate surface area is 120 Å². The van der Waals surface area contributed by atoms with Crippen LogP contribution in [0, 0.1) is 0 Å². The zero-order valence-corrected chi connectivity index (χ0v) is 11.1. The van der Waals surface area contributed by atoms with Crippen LogP contribution in [-0.4, -0.2) is 19.5 Å². The van der Waals surface area contributed by atoms with Gasteiger partial charge in [-0.15, -0.1) is 0 Å². The topological polar surface area (TPSA) is 76.4 Å². The minimum Gasteiger partial charge on any atom is -0.507 e. The molecule has 0 unspecified atom stereocenters. The number of anilines is 1. The molecule has 0 aliphatic rings. The van der Waals surface area contributed by atoms with Crippen molar-refractivity contribution in [3.05, 3.63) is 54.7 Å². The third-order valence-electron chi connectivity index (χ3n) is 3.50. The van der Waals surface area contributed by atoms with Crippen molar-refractivity contribution in [3.63, 3.8) is 0 Å². The van der Waals surface area contributed by atoms with Crippen LogP contribution in [-0.2, 0) is 0 Å². The number of hydrogen-bond acceptors (Lipinski definition) is 4. The van der Waals surface area contributed by atoms with Gasteiger partial charge >= 0.3 is 0 Å². The summed E-state index contributed by atoms with van der Waals surface area (Å²) in [4.78, 5) is 8.87. The van der Waals surface area contributed by atoms with Crippen LogP contribution in [0.4, 0.5) is 5.82 Å². The first-order chi connectivity index (χ1) is 10.2. The van der Waals surface area contributed by atoms with Crippen LogP contribution >= 0.6 is 0 Å². The van der Waals surface area contributed by atoms with Crippen molar-refractivity contribution in [2.24, 2.45) is 0 Å². The van der Waals surface area contributed by atoms with E-state index >= 15 is 0 Å². The van der Waals surface area contributed by atoms with Gasteiger partial charge in [0.05, 0.1) is 16.7 Å². The zero-order valence-electron chi connectivity index (χ0n) is 11.1. The van der Waals surface area contributed by atoms with Gasteiger partial charge in [0.15, 0.2) is 11.5 Å². The van der Waals surface area contributed by atoms with Crippen molar-refractivity contribution in [1.29, 1.82) is 0 Å². The molecule has 2 aromatic carbocycles. The van der Waals surface area contributed by atoms with Gasteiger partial charge in [0.25, 0.3) is 0 Å². The predicted molar refractivity (Wildman–Crippen MR) is 82.0 cm³/mol. The quantitative estimate of drug-likeness (QED) is 0.560. The number of hydrogen-bond donors (Lipinski definition) is 2. The number of nitrogens with two attached hydrogens (primary N) is 1. The number of aromatic hydroxyl groups is 1. The van der Waals surface area contributed by atoms with Gasteiger partial charge in [-0.3, -0.25) is 4.40 Å². The fraction of sp³-hybridized carbons (Fsp3) is 0. The number of benzene rings is 2. The molecule has 0 atom stereocenters. The number of rotatable bonds is 1. The van der Waals surface area contributed by atoms with E-state index < -0.39 is 0 Å². The number of para-hydroxylation sites is 3. The standard InChI is InChI=1S/C16H12N4O/c17-15-16-19-12(10-5-1-4-8-14(10)21)9-20(16)13-7-3-2-6-11(13)18-15/h1-9,21H,(H2,17,18). The van der Waals surface area contributed by atoms with E-state index in [1.54, 1.807) is 12.1 Å². The second kappa shape index (κ2) is 4.21. The second-order valence-corrected chi connectivity index (χ2v) is 4.82. The highest BCUT2D eigenvalue weighted by Crippen LogP contribution is 2.30. The van der Waals surface area contributed by atoms with E-state index in [0.29, 0.717) is 22.7 Å². The van der Waals surface area contributed by atoms with Crippen LogP contribution in [0.3, 0.4) is 0 Å². The van der Waals surface area contributed by atoms with E-state index in [2.05, 4.69) is 9.97 Å². The Bertz CT molecular complexity index is 975. The van der Waals surface area contributed by atoms with Gasteiger partial charge in [0, 0.05) is 11.8 Å². The zero-order chi connectivity index (χ0) is 14.4. The first-order valence-electron chi connectivity index (χ1n) is 6.56. The molecule has 2 aromatic heterocycles. The van der Waals surface area contributed by atoms with Crippen LogP contribution in [0.5, 0.6) is 5.75 Å². The summed E-state index contributed by atoms with van der Waals surface area (Å²) < 4.78 is 1.90. The molecule has 0 spiro atoms. The summed E-state index contributed by atoms with van der Waals surface area (Å²) in [5, 5.41) is 9.98. The van der Waals surface area contributed by atoms with Crippen LogP contribution in [0.15, 0.2) is 54.7 Å². The lowest BCUT2D eigenvalue weighted by Gasteiger charge is -2.02. The van der Waals surface area contributed by atoms with E-state index in [9.17, 15) is 5.11 Å². The molecule has 0 amide bonds. The van der Waals surface area contributed by atoms with Gasteiger partial charge in [0.1, 0.15) is 5.75 Å². The van der Waals surface area contributed by atoms with Crippen molar-refractivity contribution in [2.45, 2.75) is 0 Å². The van der Waals surface area contributed by atoms with Crippen LogP contribution in [0.1, 0.15) is 0 Å².